The van der Waals surface area contributed by atoms with Crippen molar-refractivity contribution in [3.63, 3.8) is 0 Å². The van der Waals surface area contributed by atoms with E-state index in [4.69, 9.17) is 92.3 Å². The fourth-order valence-corrected chi connectivity index (χ4v) is 20.1. The number of nitrogens with one attached hydrogen (secondary N) is 4. The summed E-state index contributed by atoms with van der Waals surface area (Å²) in [5.74, 6) is -10.4. The minimum Gasteiger partial charge on any atom is -0.493 e. The highest BCUT2D eigenvalue weighted by atomic mass is 31.2. The van der Waals surface area contributed by atoms with Gasteiger partial charge in [0.1, 0.15) is 146 Å². The van der Waals surface area contributed by atoms with Crippen molar-refractivity contribution < 1.29 is 202 Å². The van der Waals surface area contributed by atoms with Gasteiger partial charge in [-0.3, -0.25) is 79.5 Å². The van der Waals surface area contributed by atoms with E-state index in [1.54, 1.807) is 100 Å². The summed E-state index contributed by atoms with van der Waals surface area (Å²) in [6, 6.07) is 27.2. The van der Waals surface area contributed by atoms with Crippen molar-refractivity contribution in [2.45, 2.75) is 190 Å². The largest absolute Gasteiger partial charge is 0.493 e. The van der Waals surface area contributed by atoms with Gasteiger partial charge >= 0.3 is 60.8 Å². The lowest BCUT2D eigenvalue weighted by atomic mass is 10.1. The Morgan fingerprint density at radius 1 is 0.361 bits per heavy atom. The number of aromatic nitrogens is 8. The molecule has 4 amide bonds. The van der Waals surface area contributed by atoms with Crippen LogP contribution in [0.2, 0.25) is 0 Å². The average Bonchev–Trinajstić information content (AvgIpc) is 1.64. The minimum absolute atomic E-state index is 0.0193. The number of aromatic hydroxyl groups is 4. The van der Waals surface area contributed by atoms with E-state index in [9.17, 15) is 123 Å². The second-order valence-corrected chi connectivity index (χ2v) is 40.0. The second kappa shape index (κ2) is 52.9. The molecule has 0 spiro atoms. The standard InChI is InChI=1S/C22H31N4O10P.C21H27N4O12P.2C21H29N4O10P/c1-12(2)9-14(22(31)33-3)25-37(32,36-13-7-5-4-6-8-13)34-10-15-17(27)18(28)21(35-15)26-11-24-16(19(23)29)20(26)30;1-33-14(26)8-12(21(31)34-2)24-38(32,37-11-6-4-3-5-7-11)35-9-13-16(27)17(28)20(36-13)25-10-23-15(18(22)29)19(25)30;1-11(2)14(21(30)32-3)24-36(31,35-12-7-5-4-6-8-12)33-9-13-16(26)17(27)20(34-13)25-10-23-15(18(22)28)19(25)29;1-11(2)33-21(30)12(3)24-36(31,35-13-7-5-4-6-8-13)32-9-14-16(26)17(27)20(34-14)25-10-23-15(18(22)28)19(25)29/h4-8,11-12,14-15,17-18,21,27-28,30H,9-10H2,1-3H3,(H2,23,29)(H,25,32);3-7,10,12-13,16-17,20,27-28,30H,8-9H2,1-2H3,(H2,22,29)(H,24,32);4-8,10-11,13-14,16-17,20,26-27,29H,9H2,1-3H3,(H2,22,28)(H,24,31);4-8,10-12,14,16-17,20,26-27,29H,9H2,1-3H3,(H2,22,28)(H,24,31)/t14-,15+,17+,18+,21+,37?;12-,13+,16+,17+,20+,38?;13-,14+,16-,17-,20-,36?;12-,14+,16+,17+,20+,36?/m0010/s1. The van der Waals surface area contributed by atoms with Crippen molar-refractivity contribution in [1.82, 2.24) is 58.6 Å². The van der Waals surface area contributed by atoms with Gasteiger partial charge in [0.15, 0.2) is 47.7 Å². The Balaban J connectivity index is 0.000000218. The van der Waals surface area contributed by atoms with Crippen LogP contribution in [0.5, 0.6) is 46.5 Å². The normalized spacial score (nSPS) is 23.9. The maximum Gasteiger partial charge on any atom is 0.459 e. The maximum atomic E-state index is 13.8. The molecule has 0 bridgehead atoms. The summed E-state index contributed by atoms with van der Waals surface area (Å²) in [5, 5.41) is 135. The number of hydrogen-bond donors (Lipinski definition) is 20. The number of esters is 5. The van der Waals surface area contributed by atoms with E-state index in [-0.39, 0.29) is 41.3 Å². The monoisotopic (exact) mass is 2160 g/mol. The van der Waals surface area contributed by atoms with Crippen LogP contribution in [0.4, 0.5) is 0 Å². The highest BCUT2D eigenvalue weighted by Gasteiger charge is 2.53. The van der Waals surface area contributed by atoms with Crippen LogP contribution in [0, 0.1) is 11.8 Å². The molecule has 4 aliphatic heterocycles. The van der Waals surface area contributed by atoms with E-state index < -0.39 is 292 Å². The fraction of sp³-hybridized carbons (Fsp3) is 0.471. The number of nitrogens with two attached hydrogens (primary N) is 4. The number of ether oxygens (including phenoxy) is 9. The van der Waals surface area contributed by atoms with E-state index in [0.717, 1.165) is 57.8 Å². The number of amides is 4. The molecule has 62 heteroatoms. The number of imidazole rings is 4. The summed E-state index contributed by atoms with van der Waals surface area (Å²) in [4.78, 5) is 121. The Kier molecular flexibility index (Phi) is 42.4. The van der Waals surface area contributed by atoms with Gasteiger partial charge in [0.2, 0.25) is 23.5 Å². The third-order valence-corrected chi connectivity index (χ3v) is 27.7. The second-order valence-electron chi connectivity index (χ2n) is 33.3. The molecule has 58 nitrogen and oxygen atoms in total. The molecule has 8 aromatic rings. The lowest BCUT2D eigenvalue weighted by Gasteiger charge is -2.27. The van der Waals surface area contributed by atoms with Crippen molar-refractivity contribution in [1.29, 1.82) is 0 Å². The van der Waals surface area contributed by atoms with Gasteiger partial charge < -0.3 is 145 Å². The molecular weight excluding hydrogens is 2040 g/mol. The molecule has 4 aromatic heterocycles. The molecule has 4 aromatic carbocycles. The number of rotatable bonds is 46. The molecule has 8 heterocycles. The fourth-order valence-electron chi connectivity index (χ4n) is 13.9. The quantitative estimate of drug-likeness (QED) is 0.0141. The van der Waals surface area contributed by atoms with E-state index >= 15 is 0 Å². The number of carbonyl (C=O) groups excluding carboxylic acids is 9. The molecule has 4 aliphatic rings. The number of aliphatic hydroxyl groups excluding tert-OH is 8. The zero-order valence-corrected chi connectivity index (χ0v) is 83.7. The Hall–Kier alpha value is -12.5. The van der Waals surface area contributed by atoms with Crippen molar-refractivity contribution in [3.8, 4) is 46.5 Å². The summed E-state index contributed by atoms with van der Waals surface area (Å²) in [6.45, 7) is 9.50. The Labute approximate surface area is 836 Å². The van der Waals surface area contributed by atoms with Gasteiger partial charge in [-0.15, -0.1) is 0 Å². The van der Waals surface area contributed by atoms with Gasteiger partial charge in [0.05, 0.1) is 67.4 Å². The lowest BCUT2D eigenvalue weighted by molar-refractivity contribution is -0.149. The molecule has 12 rings (SSSR count). The molecule has 0 radical (unpaired) electrons. The molecule has 0 aliphatic carbocycles. The smallest absolute Gasteiger partial charge is 0.459 e. The first-order valence-corrected chi connectivity index (χ1v) is 50.4. The molecular formula is C85H116N16O42P4. The Bertz CT molecular complexity index is 5950. The highest BCUT2D eigenvalue weighted by molar-refractivity contribution is 7.53. The first kappa shape index (κ1) is 118. The van der Waals surface area contributed by atoms with Gasteiger partial charge in [-0.25, -0.2) is 38.2 Å². The summed E-state index contributed by atoms with van der Waals surface area (Å²) in [7, 11) is -12.8. The topological polar surface area (TPSA) is 845 Å². The average molecular weight is 2160 g/mol. The summed E-state index contributed by atoms with van der Waals surface area (Å²) in [5.41, 5.74) is 18.7. The molecule has 4 saturated heterocycles. The van der Waals surface area contributed by atoms with Crippen LogP contribution in [-0.4, -0.2) is 311 Å². The van der Waals surface area contributed by atoms with E-state index in [0.29, 0.717) is 0 Å². The van der Waals surface area contributed by atoms with Crippen LogP contribution in [0.25, 0.3) is 0 Å². The van der Waals surface area contributed by atoms with Crippen LogP contribution in [0.1, 0.15) is 128 Å². The first-order chi connectivity index (χ1) is 69.3. The number of nitrogens with zero attached hydrogens (tertiary/aromatic N) is 8. The van der Waals surface area contributed by atoms with Gasteiger partial charge in [-0.2, -0.15) is 20.3 Å². The summed E-state index contributed by atoms with van der Waals surface area (Å²) >= 11 is 0. The van der Waals surface area contributed by atoms with Crippen LogP contribution in [-0.2, 0) is 103 Å². The van der Waals surface area contributed by atoms with Gasteiger partial charge in [-0.1, -0.05) is 100 Å². The first-order valence-electron chi connectivity index (χ1n) is 44.2. The van der Waals surface area contributed by atoms with Crippen molar-refractivity contribution in [2.75, 3.05) is 54.9 Å². The molecule has 24 atom stereocenters. The van der Waals surface area contributed by atoms with E-state index in [1.807, 2.05) is 13.8 Å². The third-order valence-electron chi connectivity index (χ3n) is 21.3. The molecule has 0 saturated carbocycles. The molecule has 4 unspecified atom stereocenters. The number of para-hydroxylation sites is 4. The zero-order chi connectivity index (χ0) is 109. The highest BCUT2D eigenvalue weighted by Crippen LogP contribution is 2.52. The lowest BCUT2D eigenvalue weighted by Crippen LogP contribution is -2.42. The number of hydrogen-bond acceptors (Lipinski definition) is 46. The van der Waals surface area contributed by atoms with E-state index in [2.05, 4.69) is 49.8 Å². The number of primary amides is 4. The molecule has 147 heavy (non-hydrogen) atoms. The van der Waals surface area contributed by atoms with Gasteiger partial charge in [0.25, 0.3) is 23.6 Å². The Morgan fingerprint density at radius 2 is 0.619 bits per heavy atom. The minimum atomic E-state index is -4.50. The van der Waals surface area contributed by atoms with Crippen molar-refractivity contribution >= 4 is 84.5 Å². The van der Waals surface area contributed by atoms with Crippen LogP contribution in [0.3, 0.4) is 0 Å². The van der Waals surface area contributed by atoms with Crippen LogP contribution >= 0.6 is 31.0 Å². The molecule has 24 N–H and O–H groups in total. The third kappa shape index (κ3) is 31.3. The molecule has 4 fully saturated rings. The van der Waals surface area contributed by atoms with Crippen LogP contribution < -0.4 is 61.4 Å². The maximum absolute atomic E-state index is 13.8. The van der Waals surface area contributed by atoms with Crippen LogP contribution in [0.15, 0.2) is 147 Å². The number of benzene rings is 4. The predicted molar refractivity (Wildman–Crippen MR) is 497 cm³/mol. The van der Waals surface area contributed by atoms with Gasteiger partial charge in [0, 0.05) is 0 Å². The summed E-state index contributed by atoms with van der Waals surface area (Å²) < 4.78 is 149. The molecule has 808 valence electrons. The predicted octanol–water partition coefficient (Wildman–Crippen LogP) is 0.630. The number of carbonyl (C=O) groups is 9. The van der Waals surface area contributed by atoms with Crippen molar-refractivity contribution in [3.05, 3.63) is 169 Å². The van der Waals surface area contributed by atoms with E-state index in [1.165, 1.54) is 69.7 Å². The Morgan fingerprint density at radius 3 is 0.857 bits per heavy atom. The summed E-state index contributed by atoms with van der Waals surface area (Å²) in [6.07, 6.45) is -20.1. The zero-order valence-electron chi connectivity index (χ0n) is 80.2. The number of aliphatic hydroxyl groups is 8. The van der Waals surface area contributed by atoms with Gasteiger partial charge in [-0.05, 0) is 87.6 Å². The SMILES string of the molecule is CC(C)OC(=O)[C@H](C)NP(=O)(OC[C@H]1O[C@@H](n2cnc(C(N)=O)c2O)[C@H](O)[C@@H]1O)Oc1ccccc1.COC(=O)C[C@H](NP(=O)(OC[C@H]1O[C@@H](n2cnc(C(N)=O)c2O)[C@H](O)[C@@H]1O)Oc1ccccc1)C(=O)OC.COC(=O)[C@@H](NP(=O)(OC[C@H]1O[C@@H](n2cnc(C(N)=O)c2O)[C@H](O)[C@@H]1O)Oc1ccccc1)C(C)C.COC(=O)[C@H](CC(C)C)NP(=O)(OC[C@H]1O[C@@H](n2cnc(C(N)=O)c2O)[C@H](O)[C@@H]1O)Oc1ccccc1. The van der Waals surface area contributed by atoms with Crippen molar-refractivity contribution in [2.24, 2.45) is 34.8 Å². The number of methoxy groups -OCH3 is 4.